The molecule has 0 radical (unpaired) electrons. The summed E-state index contributed by atoms with van der Waals surface area (Å²) in [5.74, 6) is 0. The predicted molar refractivity (Wildman–Crippen MR) is 76.3 cm³/mol. The highest BCUT2D eigenvalue weighted by atomic mass is 16.3. The molecule has 2 atom stereocenters. The summed E-state index contributed by atoms with van der Waals surface area (Å²) in [6.45, 7) is 9.98. The van der Waals surface area contributed by atoms with E-state index in [1.165, 1.54) is 45.3 Å². The summed E-state index contributed by atoms with van der Waals surface area (Å²) in [5.41, 5.74) is 0. The van der Waals surface area contributed by atoms with Gasteiger partial charge in [-0.2, -0.15) is 0 Å². The van der Waals surface area contributed by atoms with E-state index in [4.69, 9.17) is 10.2 Å². The standard InChI is InChI=1S/C8H17N.C6H15NO2/c1-2-6-9-7-4-3-5-8-9;1-3-5(8)7-6(9)4-2/h2-8H2,1H3;5-9H,3-4H2,1-2H3. The number of nitrogens with zero attached hydrogens (tertiary/aromatic N) is 1. The molecule has 0 aliphatic carbocycles. The molecule has 3 N–H and O–H groups in total. The first kappa shape index (κ1) is 17.8. The van der Waals surface area contributed by atoms with E-state index < -0.39 is 12.5 Å². The Balaban J connectivity index is 0.000000321. The average Bonchev–Trinajstić information content (AvgIpc) is 2.40. The molecule has 0 amide bonds. The van der Waals surface area contributed by atoms with Crippen molar-refractivity contribution < 1.29 is 10.2 Å². The molecule has 4 heteroatoms. The van der Waals surface area contributed by atoms with Gasteiger partial charge in [-0.1, -0.05) is 27.2 Å². The van der Waals surface area contributed by atoms with E-state index in [-0.39, 0.29) is 0 Å². The summed E-state index contributed by atoms with van der Waals surface area (Å²) in [5, 5.41) is 20.4. The van der Waals surface area contributed by atoms with Crippen molar-refractivity contribution in [3.8, 4) is 0 Å². The van der Waals surface area contributed by atoms with Gasteiger partial charge in [0.05, 0.1) is 0 Å². The van der Waals surface area contributed by atoms with Gasteiger partial charge in [0, 0.05) is 0 Å². The van der Waals surface area contributed by atoms with E-state index in [1.807, 2.05) is 13.8 Å². The van der Waals surface area contributed by atoms with Crippen LogP contribution in [0.2, 0.25) is 0 Å². The lowest BCUT2D eigenvalue weighted by Crippen LogP contribution is -2.37. The van der Waals surface area contributed by atoms with Crippen molar-refractivity contribution >= 4 is 0 Å². The second kappa shape index (κ2) is 11.9. The minimum atomic E-state index is -0.569. The zero-order chi connectivity index (χ0) is 13.8. The molecule has 4 nitrogen and oxygen atoms in total. The van der Waals surface area contributed by atoms with E-state index >= 15 is 0 Å². The van der Waals surface area contributed by atoms with E-state index in [0.29, 0.717) is 12.8 Å². The van der Waals surface area contributed by atoms with Gasteiger partial charge in [0.1, 0.15) is 12.5 Å². The number of hydrogen-bond donors (Lipinski definition) is 3. The van der Waals surface area contributed by atoms with Gasteiger partial charge in [-0.15, -0.1) is 0 Å². The molecule has 1 rings (SSSR count). The van der Waals surface area contributed by atoms with Crippen LogP contribution in [0.4, 0.5) is 0 Å². The van der Waals surface area contributed by atoms with Crippen molar-refractivity contribution in [2.75, 3.05) is 19.6 Å². The Bertz CT molecular complexity index is 162. The molecule has 1 fully saturated rings. The lowest BCUT2D eigenvalue weighted by atomic mass is 10.1. The van der Waals surface area contributed by atoms with Crippen LogP contribution in [-0.4, -0.2) is 47.2 Å². The summed E-state index contributed by atoms with van der Waals surface area (Å²) < 4.78 is 0. The normalized spacial score (nSPS) is 19.8. The van der Waals surface area contributed by atoms with Crippen molar-refractivity contribution in [3.05, 3.63) is 0 Å². The number of rotatable bonds is 6. The Kier molecular flexibility index (Phi) is 11.8. The van der Waals surface area contributed by atoms with Crippen molar-refractivity contribution in [2.45, 2.75) is 71.8 Å². The highest BCUT2D eigenvalue weighted by Gasteiger charge is 2.07. The second-order valence-electron chi connectivity index (χ2n) is 4.92. The number of aliphatic hydroxyl groups is 2. The summed E-state index contributed by atoms with van der Waals surface area (Å²) >= 11 is 0. The largest absolute Gasteiger partial charge is 0.379 e. The fourth-order valence-corrected chi connectivity index (χ4v) is 1.96. The molecule has 1 aliphatic heterocycles. The van der Waals surface area contributed by atoms with Crippen molar-refractivity contribution in [1.82, 2.24) is 10.2 Å². The van der Waals surface area contributed by atoms with E-state index in [1.54, 1.807) is 0 Å². The van der Waals surface area contributed by atoms with Gasteiger partial charge in [0.15, 0.2) is 0 Å². The summed E-state index contributed by atoms with van der Waals surface area (Å²) in [6, 6.07) is 0. The van der Waals surface area contributed by atoms with Crippen molar-refractivity contribution in [2.24, 2.45) is 0 Å². The Labute approximate surface area is 112 Å². The van der Waals surface area contributed by atoms with Gasteiger partial charge in [-0.3, -0.25) is 5.32 Å². The first-order valence-electron chi connectivity index (χ1n) is 7.48. The maximum atomic E-state index is 8.89. The zero-order valence-electron chi connectivity index (χ0n) is 12.4. The Morgan fingerprint density at radius 1 is 0.944 bits per heavy atom. The molecule has 0 aromatic heterocycles. The molecule has 0 aromatic carbocycles. The summed E-state index contributed by atoms with van der Waals surface area (Å²) in [7, 11) is 0. The highest BCUT2D eigenvalue weighted by molar-refractivity contribution is 4.62. The molecule has 1 aliphatic rings. The first-order chi connectivity index (χ1) is 8.63. The Hall–Kier alpha value is -0.160. The number of likely N-dealkylation sites (tertiary alicyclic amines) is 1. The minimum absolute atomic E-state index is 0.569. The van der Waals surface area contributed by atoms with Gasteiger partial charge < -0.3 is 15.1 Å². The lowest BCUT2D eigenvalue weighted by Gasteiger charge is -2.25. The third-order valence-electron chi connectivity index (χ3n) is 3.15. The lowest BCUT2D eigenvalue weighted by molar-refractivity contribution is 0.0387. The Morgan fingerprint density at radius 3 is 1.83 bits per heavy atom. The van der Waals surface area contributed by atoms with Crippen LogP contribution < -0.4 is 5.32 Å². The number of aliphatic hydroxyl groups excluding tert-OH is 2. The average molecular weight is 260 g/mol. The number of nitrogens with one attached hydrogen (secondary N) is 1. The molecular formula is C14H32N2O2. The minimum Gasteiger partial charge on any atom is -0.379 e. The second-order valence-corrected chi connectivity index (χ2v) is 4.92. The van der Waals surface area contributed by atoms with Gasteiger partial charge >= 0.3 is 0 Å². The molecule has 1 heterocycles. The molecule has 0 saturated carbocycles. The topological polar surface area (TPSA) is 55.7 Å². The van der Waals surface area contributed by atoms with Gasteiger partial charge in [-0.05, 0) is 51.7 Å². The smallest absolute Gasteiger partial charge is 0.106 e. The van der Waals surface area contributed by atoms with Crippen LogP contribution in [0.3, 0.4) is 0 Å². The molecule has 1 saturated heterocycles. The predicted octanol–water partition coefficient (Wildman–Crippen LogP) is 1.92. The van der Waals surface area contributed by atoms with Gasteiger partial charge in [0.25, 0.3) is 0 Å². The molecule has 2 unspecified atom stereocenters. The number of piperidine rings is 1. The van der Waals surface area contributed by atoms with Crippen molar-refractivity contribution in [3.63, 3.8) is 0 Å². The first-order valence-corrected chi connectivity index (χ1v) is 7.48. The molecular weight excluding hydrogens is 228 g/mol. The van der Waals surface area contributed by atoms with E-state index in [9.17, 15) is 0 Å². The van der Waals surface area contributed by atoms with Crippen LogP contribution in [-0.2, 0) is 0 Å². The SMILES string of the molecule is CCC(O)NC(O)CC.CCCN1CCCCC1. The Morgan fingerprint density at radius 2 is 1.44 bits per heavy atom. The van der Waals surface area contributed by atoms with E-state index in [2.05, 4.69) is 17.1 Å². The molecule has 0 aromatic rings. The third-order valence-corrected chi connectivity index (χ3v) is 3.15. The fraction of sp³-hybridized carbons (Fsp3) is 1.00. The fourth-order valence-electron chi connectivity index (χ4n) is 1.96. The zero-order valence-corrected chi connectivity index (χ0v) is 12.4. The van der Waals surface area contributed by atoms with Crippen LogP contribution >= 0.6 is 0 Å². The summed E-state index contributed by atoms with van der Waals surface area (Å²) in [4.78, 5) is 2.57. The van der Waals surface area contributed by atoms with Crippen LogP contribution in [0.5, 0.6) is 0 Å². The van der Waals surface area contributed by atoms with Crippen molar-refractivity contribution in [1.29, 1.82) is 0 Å². The molecule has 18 heavy (non-hydrogen) atoms. The maximum Gasteiger partial charge on any atom is 0.106 e. The maximum absolute atomic E-state index is 8.89. The van der Waals surface area contributed by atoms with Gasteiger partial charge in [0.2, 0.25) is 0 Å². The van der Waals surface area contributed by atoms with Crippen LogP contribution in [0.1, 0.15) is 59.3 Å². The van der Waals surface area contributed by atoms with Crippen LogP contribution in [0.15, 0.2) is 0 Å². The monoisotopic (exact) mass is 260 g/mol. The van der Waals surface area contributed by atoms with Crippen LogP contribution in [0, 0.1) is 0 Å². The van der Waals surface area contributed by atoms with Crippen LogP contribution in [0.25, 0.3) is 0 Å². The van der Waals surface area contributed by atoms with E-state index in [0.717, 1.165) is 0 Å². The highest BCUT2D eigenvalue weighted by Crippen LogP contribution is 2.07. The third kappa shape index (κ3) is 9.83. The molecule has 0 spiro atoms. The summed E-state index contributed by atoms with van der Waals surface area (Å²) in [6.07, 6.45) is 5.74. The number of hydrogen-bond acceptors (Lipinski definition) is 4. The molecule has 110 valence electrons. The molecule has 0 bridgehead atoms. The quantitative estimate of drug-likeness (QED) is 0.639. The van der Waals surface area contributed by atoms with Gasteiger partial charge in [-0.25, -0.2) is 0 Å².